The van der Waals surface area contributed by atoms with Crippen LogP contribution in [0.5, 0.6) is 0 Å². The summed E-state index contributed by atoms with van der Waals surface area (Å²) in [5.74, 6) is 0. The fourth-order valence-corrected chi connectivity index (χ4v) is 3.35. The molecule has 1 aliphatic rings. The molecule has 1 saturated carbocycles. The SMILES string of the molecule is O=C(N[C@H]1[C@@H](O)CCC[C@H]1NC(=O)OCc1ccccc1)OCc1ccccc1. The zero-order chi connectivity index (χ0) is 20.5. The highest BCUT2D eigenvalue weighted by Crippen LogP contribution is 2.20. The molecule has 0 unspecified atom stereocenters. The van der Waals surface area contributed by atoms with Crippen molar-refractivity contribution in [3.8, 4) is 0 Å². The molecule has 7 heteroatoms. The Labute approximate surface area is 170 Å². The number of nitrogens with one attached hydrogen (secondary N) is 2. The molecule has 0 bridgehead atoms. The predicted octanol–water partition coefficient (Wildman–Crippen LogP) is 3.12. The highest BCUT2D eigenvalue weighted by Gasteiger charge is 2.35. The molecule has 3 N–H and O–H groups in total. The van der Waals surface area contributed by atoms with E-state index >= 15 is 0 Å². The molecular formula is C22H26N2O5. The van der Waals surface area contributed by atoms with Gasteiger partial charge in [-0.3, -0.25) is 0 Å². The van der Waals surface area contributed by atoms with Gasteiger partial charge in [-0.05, 0) is 30.4 Å². The lowest BCUT2D eigenvalue weighted by Crippen LogP contribution is -2.59. The van der Waals surface area contributed by atoms with Crippen LogP contribution in [0.1, 0.15) is 30.4 Å². The van der Waals surface area contributed by atoms with E-state index in [0.717, 1.165) is 17.5 Å². The van der Waals surface area contributed by atoms with E-state index in [0.29, 0.717) is 12.8 Å². The Morgan fingerprint density at radius 2 is 1.34 bits per heavy atom. The number of rotatable bonds is 6. The maximum atomic E-state index is 12.2. The maximum absolute atomic E-state index is 12.2. The van der Waals surface area contributed by atoms with Gasteiger partial charge >= 0.3 is 12.2 Å². The first-order valence-electron chi connectivity index (χ1n) is 9.74. The van der Waals surface area contributed by atoms with Gasteiger partial charge in [0.2, 0.25) is 0 Å². The van der Waals surface area contributed by atoms with Crippen molar-refractivity contribution in [2.24, 2.45) is 0 Å². The minimum atomic E-state index is -0.771. The van der Waals surface area contributed by atoms with Crippen molar-refractivity contribution in [2.75, 3.05) is 0 Å². The van der Waals surface area contributed by atoms with E-state index < -0.39 is 30.4 Å². The molecule has 3 atom stereocenters. The molecule has 7 nitrogen and oxygen atoms in total. The van der Waals surface area contributed by atoms with E-state index in [1.807, 2.05) is 60.7 Å². The number of aliphatic hydroxyl groups is 1. The first kappa shape index (κ1) is 20.7. The lowest BCUT2D eigenvalue weighted by atomic mass is 9.88. The average Bonchev–Trinajstić information content (AvgIpc) is 2.75. The second-order valence-electron chi connectivity index (χ2n) is 7.04. The van der Waals surface area contributed by atoms with Crippen molar-refractivity contribution < 1.29 is 24.2 Å². The van der Waals surface area contributed by atoms with Crippen LogP contribution in [0.2, 0.25) is 0 Å². The number of hydrogen-bond donors (Lipinski definition) is 3. The van der Waals surface area contributed by atoms with Crippen LogP contribution in [0.15, 0.2) is 60.7 Å². The van der Waals surface area contributed by atoms with Crippen molar-refractivity contribution in [2.45, 2.75) is 50.7 Å². The third kappa shape index (κ3) is 6.50. The fourth-order valence-electron chi connectivity index (χ4n) is 3.35. The summed E-state index contributed by atoms with van der Waals surface area (Å²) < 4.78 is 10.5. The van der Waals surface area contributed by atoms with Crippen LogP contribution in [0, 0.1) is 0 Å². The van der Waals surface area contributed by atoms with E-state index in [1.165, 1.54) is 0 Å². The molecule has 2 amide bonds. The monoisotopic (exact) mass is 398 g/mol. The number of benzene rings is 2. The lowest BCUT2D eigenvalue weighted by Gasteiger charge is -2.35. The van der Waals surface area contributed by atoms with Crippen LogP contribution in [0.3, 0.4) is 0 Å². The van der Waals surface area contributed by atoms with Crippen molar-refractivity contribution >= 4 is 12.2 Å². The third-order valence-corrected chi connectivity index (χ3v) is 4.88. The fraction of sp³-hybridized carbons (Fsp3) is 0.364. The van der Waals surface area contributed by atoms with Crippen molar-refractivity contribution in [3.63, 3.8) is 0 Å². The molecule has 2 aromatic rings. The minimum absolute atomic E-state index is 0.132. The van der Waals surface area contributed by atoms with Gasteiger partial charge in [0.15, 0.2) is 0 Å². The van der Waals surface area contributed by atoms with Gasteiger partial charge < -0.3 is 25.2 Å². The lowest BCUT2D eigenvalue weighted by molar-refractivity contribution is 0.0578. The molecule has 29 heavy (non-hydrogen) atoms. The van der Waals surface area contributed by atoms with Gasteiger partial charge in [0.25, 0.3) is 0 Å². The van der Waals surface area contributed by atoms with Crippen LogP contribution in [-0.2, 0) is 22.7 Å². The van der Waals surface area contributed by atoms with Gasteiger partial charge in [-0.1, -0.05) is 60.7 Å². The molecule has 3 rings (SSSR count). The highest BCUT2D eigenvalue weighted by molar-refractivity contribution is 5.69. The largest absolute Gasteiger partial charge is 0.445 e. The van der Waals surface area contributed by atoms with Gasteiger partial charge in [0.1, 0.15) is 13.2 Å². The normalized spacial score (nSPS) is 21.1. The summed E-state index contributed by atoms with van der Waals surface area (Å²) >= 11 is 0. The Bertz CT molecular complexity index is 784. The van der Waals surface area contributed by atoms with Crippen LogP contribution in [-0.4, -0.2) is 35.5 Å². The standard InChI is InChI=1S/C22H26N2O5/c25-19-13-7-12-18(23-21(26)28-14-16-8-3-1-4-9-16)20(19)24-22(27)29-15-17-10-5-2-6-11-17/h1-6,8-11,18-20,25H,7,12-15H2,(H,23,26)(H,24,27)/t18-,19+,20-/m1/s1. The smallest absolute Gasteiger partial charge is 0.407 e. The molecule has 1 aliphatic carbocycles. The van der Waals surface area contributed by atoms with Crippen LogP contribution in [0.25, 0.3) is 0 Å². The van der Waals surface area contributed by atoms with Gasteiger partial charge in [-0.2, -0.15) is 0 Å². The van der Waals surface area contributed by atoms with Gasteiger partial charge in [-0.15, -0.1) is 0 Å². The first-order chi connectivity index (χ1) is 14.1. The van der Waals surface area contributed by atoms with Crippen LogP contribution < -0.4 is 10.6 Å². The van der Waals surface area contributed by atoms with Crippen molar-refractivity contribution in [3.05, 3.63) is 71.8 Å². The Balaban J connectivity index is 1.50. The Kier molecular flexibility index (Phi) is 7.47. The Hall–Kier alpha value is -3.06. The topological polar surface area (TPSA) is 96.9 Å². The summed E-state index contributed by atoms with van der Waals surface area (Å²) in [6, 6.07) is 17.6. The van der Waals surface area contributed by atoms with E-state index in [1.54, 1.807) is 0 Å². The molecule has 0 spiro atoms. The van der Waals surface area contributed by atoms with Gasteiger partial charge in [0.05, 0.1) is 18.2 Å². The van der Waals surface area contributed by atoms with Crippen molar-refractivity contribution in [1.82, 2.24) is 10.6 Å². The number of carbonyl (C=O) groups excluding carboxylic acids is 2. The summed E-state index contributed by atoms with van der Waals surface area (Å²) in [4.78, 5) is 24.4. The first-order valence-corrected chi connectivity index (χ1v) is 9.74. The zero-order valence-electron chi connectivity index (χ0n) is 16.1. The average molecular weight is 398 g/mol. The number of aliphatic hydroxyl groups excluding tert-OH is 1. The molecule has 1 fully saturated rings. The Morgan fingerprint density at radius 1 is 0.828 bits per heavy atom. The molecule has 0 saturated heterocycles. The number of carbonyl (C=O) groups is 2. The second-order valence-corrected chi connectivity index (χ2v) is 7.04. The highest BCUT2D eigenvalue weighted by atomic mass is 16.6. The maximum Gasteiger partial charge on any atom is 0.407 e. The van der Waals surface area contributed by atoms with E-state index in [4.69, 9.17) is 9.47 Å². The molecule has 0 aliphatic heterocycles. The van der Waals surface area contributed by atoms with Crippen molar-refractivity contribution in [1.29, 1.82) is 0 Å². The zero-order valence-corrected chi connectivity index (χ0v) is 16.1. The van der Waals surface area contributed by atoms with Gasteiger partial charge in [0, 0.05) is 0 Å². The molecule has 0 radical (unpaired) electrons. The van der Waals surface area contributed by atoms with Gasteiger partial charge in [-0.25, -0.2) is 9.59 Å². The van der Waals surface area contributed by atoms with E-state index in [9.17, 15) is 14.7 Å². The molecule has 154 valence electrons. The summed E-state index contributed by atoms with van der Waals surface area (Å²) in [6.45, 7) is 0.284. The molecule has 2 aromatic carbocycles. The minimum Gasteiger partial charge on any atom is -0.445 e. The van der Waals surface area contributed by atoms with Crippen LogP contribution in [0.4, 0.5) is 9.59 Å². The number of hydrogen-bond acceptors (Lipinski definition) is 5. The summed E-state index contributed by atoms with van der Waals surface area (Å²) in [5.41, 5.74) is 1.75. The summed E-state index contributed by atoms with van der Waals surface area (Å²) in [6.07, 6.45) is -0.0848. The summed E-state index contributed by atoms with van der Waals surface area (Å²) in [7, 11) is 0. The second kappa shape index (κ2) is 10.5. The van der Waals surface area contributed by atoms with Crippen LogP contribution >= 0.6 is 0 Å². The third-order valence-electron chi connectivity index (χ3n) is 4.88. The number of alkyl carbamates (subject to hydrolysis) is 2. The van der Waals surface area contributed by atoms with E-state index in [-0.39, 0.29) is 13.2 Å². The number of ether oxygens (including phenoxy) is 2. The quantitative estimate of drug-likeness (QED) is 0.695. The molecular weight excluding hydrogens is 372 g/mol. The Morgan fingerprint density at radius 3 is 1.90 bits per heavy atom. The number of amides is 2. The summed E-state index contributed by atoms with van der Waals surface area (Å²) in [5, 5.41) is 15.8. The predicted molar refractivity (Wildman–Crippen MR) is 107 cm³/mol. The molecule has 0 heterocycles. The molecule has 0 aromatic heterocycles. The van der Waals surface area contributed by atoms with E-state index in [2.05, 4.69) is 10.6 Å².